The second-order valence-corrected chi connectivity index (χ2v) is 6.57. The van der Waals surface area contributed by atoms with Crippen molar-refractivity contribution in [2.75, 3.05) is 14.1 Å². The van der Waals surface area contributed by atoms with E-state index in [1.165, 1.54) is 11.3 Å². The summed E-state index contributed by atoms with van der Waals surface area (Å²) in [5, 5.41) is 13.0. The lowest BCUT2D eigenvalue weighted by Gasteiger charge is -2.03. The smallest absolute Gasteiger partial charge is 0.344 e. The maximum Gasteiger partial charge on any atom is 0.344 e. The molecule has 2 aromatic heterocycles. The maximum absolute atomic E-state index is 12.3. The molecule has 5 nitrogen and oxygen atoms in total. The van der Waals surface area contributed by atoms with Crippen LogP contribution >= 0.6 is 22.9 Å². The number of nitriles is 1. The summed E-state index contributed by atoms with van der Waals surface area (Å²) in [6.45, 7) is 0. The molecule has 1 aromatic carbocycles. The molecule has 0 saturated heterocycles. The van der Waals surface area contributed by atoms with Gasteiger partial charge in [0.25, 0.3) is 0 Å². The Balaban J connectivity index is 2.19. The van der Waals surface area contributed by atoms with Gasteiger partial charge in [0, 0.05) is 35.4 Å². The third-order valence-electron chi connectivity index (χ3n) is 3.27. The van der Waals surface area contributed by atoms with Crippen LogP contribution in [0.3, 0.4) is 0 Å². The zero-order valence-corrected chi connectivity index (χ0v) is 14.5. The lowest BCUT2D eigenvalue weighted by atomic mass is 10.1. The Bertz CT molecular complexity index is 1040. The van der Waals surface area contributed by atoms with Gasteiger partial charge in [-0.05, 0) is 24.3 Å². The Labute approximate surface area is 147 Å². The zero-order chi connectivity index (χ0) is 17.3. The molecule has 0 bridgehead atoms. The Morgan fingerprint density at radius 2 is 2.12 bits per heavy atom. The fraction of sp³-hybridized carbons (Fsp3) is 0.118. The maximum atomic E-state index is 12.3. The van der Waals surface area contributed by atoms with E-state index in [9.17, 15) is 10.1 Å². The number of fused-ring (bicyclic) bond motifs is 1. The van der Waals surface area contributed by atoms with Gasteiger partial charge in [-0.15, -0.1) is 11.3 Å². The molecule has 2 heterocycles. The van der Waals surface area contributed by atoms with Crippen LogP contribution in [0.5, 0.6) is 0 Å². The second kappa shape index (κ2) is 6.48. The highest BCUT2D eigenvalue weighted by molar-refractivity contribution is 7.14. The summed E-state index contributed by atoms with van der Waals surface area (Å²) in [7, 11) is 3.68. The predicted octanol–water partition coefficient (Wildman–Crippen LogP) is 4.27. The first-order valence-electron chi connectivity index (χ1n) is 6.95. The molecule has 0 fully saturated rings. The first kappa shape index (κ1) is 16.2. The number of nitrogens with zero attached hydrogens (tertiary/aromatic N) is 3. The number of halogens is 1. The van der Waals surface area contributed by atoms with Gasteiger partial charge in [-0.2, -0.15) is 5.26 Å². The van der Waals surface area contributed by atoms with Gasteiger partial charge in [-0.3, -0.25) is 0 Å². The lowest BCUT2D eigenvalue weighted by molar-refractivity contribution is 0.563. The van der Waals surface area contributed by atoms with Crippen LogP contribution in [0.15, 0.2) is 43.8 Å². The molecule has 0 amide bonds. The number of rotatable bonds is 3. The van der Waals surface area contributed by atoms with E-state index in [-0.39, 0.29) is 0 Å². The zero-order valence-electron chi connectivity index (χ0n) is 12.9. The van der Waals surface area contributed by atoms with Gasteiger partial charge >= 0.3 is 5.63 Å². The molecule has 0 saturated carbocycles. The number of hydrogen-bond donors (Lipinski definition) is 0. The SMILES string of the molecule is CN(C)/C=N/c1scc(-c2cc3cc(Cl)ccc3oc2=O)c1C#N. The van der Waals surface area contributed by atoms with Gasteiger partial charge in [0.05, 0.1) is 17.5 Å². The number of aliphatic imine (C=N–C) groups is 1. The number of benzene rings is 1. The van der Waals surface area contributed by atoms with Crippen molar-refractivity contribution in [2.45, 2.75) is 0 Å². The molecule has 0 atom stereocenters. The molecule has 0 aliphatic rings. The third-order valence-corrected chi connectivity index (χ3v) is 4.40. The summed E-state index contributed by atoms with van der Waals surface area (Å²) in [5.41, 5.74) is 1.15. The largest absolute Gasteiger partial charge is 0.422 e. The van der Waals surface area contributed by atoms with Gasteiger partial charge in [0.15, 0.2) is 0 Å². The van der Waals surface area contributed by atoms with E-state index >= 15 is 0 Å². The summed E-state index contributed by atoms with van der Waals surface area (Å²) < 4.78 is 5.34. The summed E-state index contributed by atoms with van der Waals surface area (Å²) >= 11 is 7.30. The highest BCUT2D eigenvalue weighted by atomic mass is 35.5. The molecular formula is C17H12ClN3O2S. The monoisotopic (exact) mass is 357 g/mol. The van der Waals surface area contributed by atoms with Crippen LogP contribution in [0.25, 0.3) is 22.1 Å². The molecule has 0 aliphatic heterocycles. The molecule has 3 rings (SSSR count). The van der Waals surface area contributed by atoms with Crippen LogP contribution in [0.2, 0.25) is 5.02 Å². The topological polar surface area (TPSA) is 69.6 Å². The first-order valence-corrected chi connectivity index (χ1v) is 8.21. The Morgan fingerprint density at radius 3 is 2.83 bits per heavy atom. The Hall–Kier alpha value is -2.62. The van der Waals surface area contributed by atoms with Crippen LogP contribution in [0, 0.1) is 11.3 Å². The minimum absolute atomic E-state index is 0.323. The standard InChI is InChI=1S/C17H12ClN3O2S/c1-21(2)9-20-16-13(7-19)14(8-24-16)12-6-10-5-11(18)3-4-15(10)23-17(12)22/h3-6,8-9H,1-2H3/b20-9+. The molecular weight excluding hydrogens is 346 g/mol. The highest BCUT2D eigenvalue weighted by Gasteiger charge is 2.17. The van der Waals surface area contributed by atoms with E-state index in [1.54, 1.807) is 40.9 Å². The summed E-state index contributed by atoms with van der Waals surface area (Å²) in [6, 6.07) is 8.84. The fourth-order valence-corrected chi connectivity index (χ4v) is 3.24. The Morgan fingerprint density at radius 1 is 1.33 bits per heavy atom. The highest BCUT2D eigenvalue weighted by Crippen LogP contribution is 2.36. The van der Waals surface area contributed by atoms with Gasteiger partial charge in [-0.1, -0.05) is 11.6 Å². The quantitative estimate of drug-likeness (QED) is 0.399. The van der Waals surface area contributed by atoms with Crippen LogP contribution in [0.4, 0.5) is 5.00 Å². The van der Waals surface area contributed by atoms with Crippen LogP contribution in [-0.2, 0) is 0 Å². The van der Waals surface area contributed by atoms with Gasteiger partial charge in [-0.25, -0.2) is 9.79 Å². The van der Waals surface area contributed by atoms with Crippen LogP contribution < -0.4 is 5.63 Å². The van der Waals surface area contributed by atoms with E-state index in [0.717, 1.165) is 0 Å². The molecule has 120 valence electrons. The fourth-order valence-electron chi connectivity index (χ4n) is 2.20. The van der Waals surface area contributed by atoms with Crippen molar-refractivity contribution in [1.82, 2.24) is 4.90 Å². The Kier molecular flexibility index (Phi) is 4.38. The summed E-state index contributed by atoms with van der Waals surface area (Å²) in [4.78, 5) is 18.4. The summed E-state index contributed by atoms with van der Waals surface area (Å²) in [6.07, 6.45) is 1.61. The molecule has 24 heavy (non-hydrogen) atoms. The van der Waals surface area contributed by atoms with Gasteiger partial charge in [0.2, 0.25) is 0 Å². The van der Waals surface area contributed by atoms with Crippen molar-refractivity contribution in [3.8, 4) is 17.2 Å². The minimum atomic E-state index is -0.498. The average molecular weight is 358 g/mol. The van der Waals surface area contributed by atoms with E-state index < -0.39 is 5.63 Å². The van der Waals surface area contributed by atoms with Crippen molar-refractivity contribution in [2.24, 2.45) is 4.99 Å². The molecule has 3 aromatic rings. The normalized spacial score (nSPS) is 11.1. The van der Waals surface area contributed by atoms with E-state index in [0.29, 0.717) is 37.7 Å². The lowest BCUT2D eigenvalue weighted by Crippen LogP contribution is -2.07. The van der Waals surface area contributed by atoms with Crippen molar-refractivity contribution >= 4 is 45.2 Å². The van der Waals surface area contributed by atoms with E-state index in [4.69, 9.17) is 16.0 Å². The van der Waals surface area contributed by atoms with E-state index in [2.05, 4.69) is 11.1 Å². The first-order chi connectivity index (χ1) is 11.5. The predicted molar refractivity (Wildman–Crippen MR) is 97.4 cm³/mol. The third kappa shape index (κ3) is 3.04. The molecule has 0 N–H and O–H groups in total. The van der Waals surface area contributed by atoms with Crippen molar-refractivity contribution in [1.29, 1.82) is 5.26 Å². The van der Waals surface area contributed by atoms with Crippen LogP contribution in [-0.4, -0.2) is 25.3 Å². The van der Waals surface area contributed by atoms with Gasteiger partial charge in [0.1, 0.15) is 16.7 Å². The molecule has 0 radical (unpaired) electrons. The molecule has 0 aliphatic carbocycles. The number of hydrogen-bond acceptors (Lipinski definition) is 5. The number of thiophene rings is 1. The molecule has 7 heteroatoms. The van der Waals surface area contributed by atoms with Crippen molar-refractivity contribution < 1.29 is 4.42 Å². The summed E-state index contributed by atoms with van der Waals surface area (Å²) in [5.74, 6) is 0. The van der Waals surface area contributed by atoms with Crippen LogP contribution in [0.1, 0.15) is 5.56 Å². The second-order valence-electron chi connectivity index (χ2n) is 5.28. The molecule has 0 unspecified atom stereocenters. The van der Waals surface area contributed by atoms with Gasteiger partial charge < -0.3 is 9.32 Å². The van der Waals surface area contributed by atoms with E-state index in [1.807, 2.05) is 14.1 Å². The minimum Gasteiger partial charge on any atom is -0.422 e. The van der Waals surface area contributed by atoms with Crippen molar-refractivity contribution in [3.05, 3.63) is 50.7 Å². The molecule has 0 spiro atoms. The van der Waals surface area contributed by atoms with Crippen molar-refractivity contribution in [3.63, 3.8) is 0 Å². The average Bonchev–Trinajstić information content (AvgIpc) is 2.95.